The summed E-state index contributed by atoms with van der Waals surface area (Å²) in [7, 11) is 0. The van der Waals surface area contributed by atoms with Gasteiger partial charge in [-0.2, -0.15) is 5.26 Å². The van der Waals surface area contributed by atoms with Gasteiger partial charge in [-0.25, -0.2) is 0 Å². The summed E-state index contributed by atoms with van der Waals surface area (Å²) >= 11 is 0. The number of nitriles is 1. The molecule has 1 saturated heterocycles. The van der Waals surface area contributed by atoms with E-state index in [9.17, 15) is 5.11 Å². The SMILES string of the molecule is CC(C)(C#N)C(C)(O)CC1CCOC1. The maximum Gasteiger partial charge on any atom is 0.0803 e. The van der Waals surface area contributed by atoms with Crippen LogP contribution in [0.3, 0.4) is 0 Å². The Balaban J connectivity index is 2.61. The van der Waals surface area contributed by atoms with Crippen molar-refractivity contribution in [3.05, 3.63) is 0 Å². The van der Waals surface area contributed by atoms with Crippen LogP contribution in [-0.2, 0) is 4.74 Å². The van der Waals surface area contributed by atoms with Crippen molar-refractivity contribution < 1.29 is 9.84 Å². The van der Waals surface area contributed by atoms with Gasteiger partial charge in [0.05, 0.1) is 17.1 Å². The van der Waals surface area contributed by atoms with Gasteiger partial charge in [0.15, 0.2) is 0 Å². The molecule has 1 heterocycles. The molecule has 1 aliphatic rings. The number of hydrogen-bond acceptors (Lipinski definition) is 3. The van der Waals surface area contributed by atoms with Gasteiger partial charge in [0, 0.05) is 13.2 Å². The summed E-state index contributed by atoms with van der Waals surface area (Å²) in [6.07, 6.45) is 1.64. The molecule has 0 bridgehead atoms. The van der Waals surface area contributed by atoms with E-state index < -0.39 is 11.0 Å². The molecule has 0 spiro atoms. The lowest BCUT2D eigenvalue weighted by Gasteiger charge is -2.36. The van der Waals surface area contributed by atoms with E-state index in [0.717, 1.165) is 19.6 Å². The molecule has 3 heteroatoms. The number of ether oxygens (including phenoxy) is 1. The van der Waals surface area contributed by atoms with Gasteiger partial charge in [-0.15, -0.1) is 0 Å². The highest BCUT2D eigenvalue weighted by Crippen LogP contribution is 2.36. The van der Waals surface area contributed by atoms with Gasteiger partial charge in [0.25, 0.3) is 0 Å². The Morgan fingerprint density at radius 2 is 2.14 bits per heavy atom. The topological polar surface area (TPSA) is 53.2 Å². The maximum absolute atomic E-state index is 10.2. The number of hydrogen-bond donors (Lipinski definition) is 1. The fourth-order valence-corrected chi connectivity index (χ4v) is 1.68. The van der Waals surface area contributed by atoms with Crippen molar-refractivity contribution in [3.63, 3.8) is 0 Å². The van der Waals surface area contributed by atoms with Crippen LogP contribution in [0.2, 0.25) is 0 Å². The highest BCUT2D eigenvalue weighted by molar-refractivity contribution is 5.05. The molecule has 0 aromatic rings. The third-order valence-electron chi connectivity index (χ3n) is 3.34. The fourth-order valence-electron chi connectivity index (χ4n) is 1.68. The quantitative estimate of drug-likeness (QED) is 0.749. The van der Waals surface area contributed by atoms with Crippen LogP contribution in [-0.4, -0.2) is 23.9 Å². The Morgan fingerprint density at radius 1 is 1.50 bits per heavy atom. The minimum atomic E-state index is -0.930. The van der Waals surface area contributed by atoms with Gasteiger partial charge in [-0.3, -0.25) is 0 Å². The lowest BCUT2D eigenvalue weighted by Crippen LogP contribution is -2.42. The first-order chi connectivity index (χ1) is 6.39. The van der Waals surface area contributed by atoms with Crippen LogP contribution in [0.4, 0.5) is 0 Å². The van der Waals surface area contributed by atoms with E-state index in [1.54, 1.807) is 20.8 Å². The summed E-state index contributed by atoms with van der Waals surface area (Å²) in [5.74, 6) is 0.401. The van der Waals surface area contributed by atoms with E-state index in [1.165, 1.54) is 0 Å². The Morgan fingerprint density at radius 3 is 2.57 bits per heavy atom. The molecule has 0 aromatic heterocycles. The first-order valence-corrected chi connectivity index (χ1v) is 5.10. The predicted molar refractivity (Wildman–Crippen MR) is 53.6 cm³/mol. The summed E-state index contributed by atoms with van der Waals surface area (Å²) in [5, 5.41) is 19.2. The minimum Gasteiger partial charge on any atom is -0.389 e. The van der Waals surface area contributed by atoms with Crippen LogP contribution < -0.4 is 0 Å². The standard InChI is InChI=1S/C11H19NO2/c1-10(2,8-12)11(3,13)6-9-4-5-14-7-9/h9,13H,4-7H2,1-3H3. The molecular formula is C11H19NO2. The van der Waals surface area contributed by atoms with Gasteiger partial charge >= 0.3 is 0 Å². The third-order valence-corrected chi connectivity index (χ3v) is 3.34. The molecule has 0 aliphatic carbocycles. The van der Waals surface area contributed by atoms with Gasteiger partial charge < -0.3 is 9.84 Å². The van der Waals surface area contributed by atoms with E-state index in [-0.39, 0.29) is 0 Å². The molecule has 0 saturated carbocycles. The highest BCUT2D eigenvalue weighted by Gasteiger charge is 2.41. The molecule has 1 N–H and O–H groups in total. The zero-order valence-electron chi connectivity index (χ0n) is 9.21. The average Bonchev–Trinajstić information content (AvgIpc) is 2.55. The van der Waals surface area contributed by atoms with Crippen molar-refractivity contribution in [2.24, 2.45) is 11.3 Å². The monoisotopic (exact) mass is 197 g/mol. The number of nitrogens with zero attached hydrogens (tertiary/aromatic N) is 1. The maximum atomic E-state index is 10.2. The van der Waals surface area contributed by atoms with E-state index in [1.807, 2.05) is 0 Å². The summed E-state index contributed by atoms with van der Waals surface area (Å²) < 4.78 is 5.26. The molecule has 1 aliphatic heterocycles. The van der Waals surface area contributed by atoms with Crippen molar-refractivity contribution in [2.45, 2.75) is 39.2 Å². The first kappa shape index (κ1) is 11.5. The number of aliphatic hydroxyl groups is 1. The lowest BCUT2D eigenvalue weighted by atomic mass is 9.72. The number of rotatable bonds is 3. The molecule has 1 rings (SSSR count). The first-order valence-electron chi connectivity index (χ1n) is 5.10. The van der Waals surface area contributed by atoms with Crippen LogP contribution in [0.5, 0.6) is 0 Å². The molecular weight excluding hydrogens is 178 g/mol. The van der Waals surface area contributed by atoms with Gasteiger partial charge in [0.1, 0.15) is 0 Å². The normalized spacial score (nSPS) is 26.9. The molecule has 2 unspecified atom stereocenters. The second kappa shape index (κ2) is 3.88. The van der Waals surface area contributed by atoms with Crippen molar-refractivity contribution in [2.75, 3.05) is 13.2 Å². The molecule has 1 fully saturated rings. The molecule has 0 aromatic carbocycles. The molecule has 80 valence electrons. The van der Waals surface area contributed by atoms with Crippen LogP contribution in [0.25, 0.3) is 0 Å². The van der Waals surface area contributed by atoms with E-state index in [4.69, 9.17) is 10.00 Å². The van der Waals surface area contributed by atoms with Crippen molar-refractivity contribution >= 4 is 0 Å². The van der Waals surface area contributed by atoms with Gasteiger partial charge in [0.2, 0.25) is 0 Å². The molecule has 0 radical (unpaired) electrons. The van der Waals surface area contributed by atoms with Crippen molar-refractivity contribution in [3.8, 4) is 6.07 Å². The molecule has 14 heavy (non-hydrogen) atoms. The Hall–Kier alpha value is -0.590. The average molecular weight is 197 g/mol. The minimum absolute atomic E-state index is 0.401. The van der Waals surface area contributed by atoms with E-state index in [2.05, 4.69) is 6.07 Å². The summed E-state index contributed by atoms with van der Waals surface area (Å²) in [5.41, 5.74) is -1.63. The largest absolute Gasteiger partial charge is 0.389 e. The third kappa shape index (κ3) is 2.26. The van der Waals surface area contributed by atoms with Crippen LogP contribution >= 0.6 is 0 Å². The van der Waals surface area contributed by atoms with Crippen LogP contribution in [0.15, 0.2) is 0 Å². The predicted octanol–water partition coefficient (Wildman–Crippen LogP) is 1.71. The van der Waals surface area contributed by atoms with Crippen LogP contribution in [0.1, 0.15) is 33.6 Å². The smallest absolute Gasteiger partial charge is 0.0803 e. The molecule has 2 atom stereocenters. The zero-order chi connectivity index (χ0) is 10.8. The van der Waals surface area contributed by atoms with E-state index >= 15 is 0 Å². The Kier molecular flexibility index (Phi) is 3.18. The summed E-state index contributed by atoms with van der Waals surface area (Å²) in [4.78, 5) is 0. The summed E-state index contributed by atoms with van der Waals surface area (Å²) in [6.45, 7) is 6.81. The molecule has 3 nitrogen and oxygen atoms in total. The Labute approximate surface area is 85.7 Å². The lowest BCUT2D eigenvalue weighted by molar-refractivity contribution is -0.0419. The zero-order valence-corrected chi connectivity index (χ0v) is 9.21. The second-order valence-corrected chi connectivity index (χ2v) is 4.94. The summed E-state index contributed by atoms with van der Waals surface area (Å²) in [6, 6.07) is 2.16. The van der Waals surface area contributed by atoms with Crippen LogP contribution in [0, 0.1) is 22.7 Å². The second-order valence-electron chi connectivity index (χ2n) is 4.94. The Bertz CT molecular complexity index is 234. The van der Waals surface area contributed by atoms with Crippen molar-refractivity contribution in [1.82, 2.24) is 0 Å². The van der Waals surface area contributed by atoms with Gasteiger partial charge in [-0.1, -0.05) is 0 Å². The van der Waals surface area contributed by atoms with Gasteiger partial charge in [-0.05, 0) is 39.5 Å². The van der Waals surface area contributed by atoms with Crippen molar-refractivity contribution in [1.29, 1.82) is 5.26 Å². The van der Waals surface area contributed by atoms with E-state index in [0.29, 0.717) is 12.3 Å². The fraction of sp³-hybridized carbons (Fsp3) is 0.909. The molecule has 0 amide bonds. The highest BCUT2D eigenvalue weighted by atomic mass is 16.5.